The van der Waals surface area contributed by atoms with Crippen LogP contribution in [-0.4, -0.2) is 30.3 Å². The van der Waals surface area contributed by atoms with E-state index in [1.165, 1.54) is 7.05 Å². The van der Waals surface area contributed by atoms with Gasteiger partial charge in [-0.3, -0.25) is 4.79 Å². The number of carboxylic acid groups (broad SMARTS) is 1. The molecule has 0 aliphatic heterocycles. The van der Waals surface area contributed by atoms with Crippen molar-refractivity contribution in [3.05, 3.63) is 0 Å². The van der Waals surface area contributed by atoms with Gasteiger partial charge in [0.05, 0.1) is 5.92 Å². The molecule has 0 rings (SSSR count). The Labute approximate surface area is 67.6 Å². The maximum Gasteiger partial charge on any atom is 0.393 e. The Hall–Kier alpha value is -0.780. The number of alkyl halides is 3. The van der Waals surface area contributed by atoms with Crippen molar-refractivity contribution in [1.29, 1.82) is 0 Å². The van der Waals surface area contributed by atoms with Gasteiger partial charge in [0.2, 0.25) is 0 Å². The number of nitrogens with one attached hydrogen (secondary N) is 1. The summed E-state index contributed by atoms with van der Waals surface area (Å²) in [6, 6.07) is -1.58. The second-order valence-corrected chi connectivity index (χ2v) is 2.43. The molecular formula is C6H10F3NO2. The quantitative estimate of drug-likeness (QED) is 0.685. The van der Waals surface area contributed by atoms with Crippen LogP contribution in [-0.2, 0) is 4.79 Å². The van der Waals surface area contributed by atoms with Crippen LogP contribution in [0.1, 0.15) is 6.92 Å². The number of likely N-dealkylation sites (N-methyl/N-ethyl adjacent to an activating group) is 1. The molecule has 72 valence electrons. The van der Waals surface area contributed by atoms with Crippen LogP contribution in [0.4, 0.5) is 13.2 Å². The van der Waals surface area contributed by atoms with E-state index in [4.69, 9.17) is 5.11 Å². The van der Waals surface area contributed by atoms with Crippen LogP contribution in [0.5, 0.6) is 0 Å². The Bertz CT molecular complexity index is 169. The van der Waals surface area contributed by atoms with E-state index in [1.807, 2.05) is 0 Å². The van der Waals surface area contributed by atoms with Gasteiger partial charge in [-0.05, 0) is 7.05 Å². The van der Waals surface area contributed by atoms with Gasteiger partial charge in [0.15, 0.2) is 0 Å². The smallest absolute Gasteiger partial charge is 0.393 e. The van der Waals surface area contributed by atoms with E-state index in [1.54, 1.807) is 0 Å². The van der Waals surface area contributed by atoms with Crippen molar-refractivity contribution in [1.82, 2.24) is 5.32 Å². The summed E-state index contributed by atoms with van der Waals surface area (Å²) in [6.45, 7) is 0.829. The summed E-state index contributed by atoms with van der Waals surface area (Å²) in [5.74, 6) is -3.39. The zero-order valence-electron chi connectivity index (χ0n) is 6.64. The van der Waals surface area contributed by atoms with Crippen molar-refractivity contribution in [3.8, 4) is 0 Å². The summed E-state index contributed by atoms with van der Waals surface area (Å²) >= 11 is 0. The summed E-state index contributed by atoms with van der Waals surface area (Å²) in [5.41, 5.74) is 0. The van der Waals surface area contributed by atoms with E-state index in [0.29, 0.717) is 0 Å². The normalized spacial score (nSPS) is 17.1. The largest absolute Gasteiger partial charge is 0.480 e. The average molecular weight is 185 g/mol. The lowest BCUT2D eigenvalue weighted by Gasteiger charge is -2.21. The molecule has 0 fully saturated rings. The zero-order chi connectivity index (χ0) is 9.94. The minimum Gasteiger partial charge on any atom is -0.480 e. The molecule has 0 unspecified atom stereocenters. The molecule has 2 N–H and O–H groups in total. The predicted molar refractivity (Wildman–Crippen MR) is 35.7 cm³/mol. The molecule has 12 heavy (non-hydrogen) atoms. The number of carbonyl (C=O) groups is 1. The first kappa shape index (κ1) is 11.2. The fraction of sp³-hybridized carbons (Fsp3) is 0.833. The third-order valence-electron chi connectivity index (χ3n) is 1.59. The molecule has 0 aliphatic carbocycles. The first-order chi connectivity index (χ1) is 5.30. The first-order valence-electron chi connectivity index (χ1n) is 3.27. The molecule has 0 radical (unpaired) electrons. The minimum atomic E-state index is -4.48. The van der Waals surface area contributed by atoms with Crippen molar-refractivity contribution in [2.75, 3.05) is 7.05 Å². The van der Waals surface area contributed by atoms with Crippen molar-refractivity contribution >= 4 is 5.97 Å². The summed E-state index contributed by atoms with van der Waals surface area (Å²) in [4.78, 5) is 10.3. The highest BCUT2D eigenvalue weighted by atomic mass is 19.4. The van der Waals surface area contributed by atoms with Crippen LogP contribution in [0.25, 0.3) is 0 Å². The minimum absolute atomic E-state index is 0.829. The van der Waals surface area contributed by atoms with Gasteiger partial charge in [-0.25, -0.2) is 0 Å². The zero-order valence-corrected chi connectivity index (χ0v) is 6.64. The Morgan fingerprint density at radius 3 is 2.00 bits per heavy atom. The summed E-state index contributed by atoms with van der Waals surface area (Å²) in [5, 5.41) is 10.4. The van der Waals surface area contributed by atoms with Crippen LogP contribution >= 0.6 is 0 Å². The predicted octanol–water partition coefficient (Wildman–Crippen LogP) is 0.857. The molecule has 0 spiro atoms. The fourth-order valence-electron chi connectivity index (χ4n) is 0.776. The molecule has 0 saturated carbocycles. The lowest BCUT2D eigenvalue weighted by atomic mass is 10.0. The molecule has 0 amide bonds. The van der Waals surface area contributed by atoms with Crippen LogP contribution in [0.15, 0.2) is 0 Å². The van der Waals surface area contributed by atoms with E-state index in [0.717, 1.165) is 6.92 Å². The number of aliphatic carboxylic acids is 1. The van der Waals surface area contributed by atoms with Gasteiger partial charge < -0.3 is 10.4 Å². The van der Waals surface area contributed by atoms with Gasteiger partial charge in [0.25, 0.3) is 0 Å². The second kappa shape index (κ2) is 3.75. The number of hydrogen-bond acceptors (Lipinski definition) is 2. The van der Waals surface area contributed by atoms with Crippen molar-refractivity contribution < 1.29 is 23.1 Å². The van der Waals surface area contributed by atoms with E-state index in [-0.39, 0.29) is 0 Å². The van der Waals surface area contributed by atoms with Gasteiger partial charge in [-0.2, -0.15) is 13.2 Å². The molecule has 0 bridgehead atoms. The Morgan fingerprint density at radius 1 is 1.50 bits per heavy atom. The number of rotatable bonds is 3. The molecule has 0 aliphatic rings. The lowest BCUT2D eigenvalue weighted by Crippen LogP contribution is -2.45. The van der Waals surface area contributed by atoms with E-state index >= 15 is 0 Å². The molecule has 0 heterocycles. The van der Waals surface area contributed by atoms with Crippen LogP contribution < -0.4 is 5.32 Å². The third kappa shape index (κ3) is 2.69. The molecule has 2 atom stereocenters. The fourth-order valence-corrected chi connectivity index (χ4v) is 0.776. The van der Waals surface area contributed by atoms with Gasteiger partial charge in [0.1, 0.15) is 6.04 Å². The molecule has 0 aromatic rings. The summed E-state index contributed by atoms with van der Waals surface area (Å²) < 4.78 is 35.8. The van der Waals surface area contributed by atoms with Gasteiger partial charge >= 0.3 is 12.1 Å². The molecule has 0 aromatic carbocycles. The monoisotopic (exact) mass is 185 g/mol. The van der Waals surface area contributed by atoms with Crippen LogP contribution in [0.3, 0.4) is 0 Å². The average Bonchev–Trinajstić information content (AvgIpc) is 1.86. The van der Waals surface area contributed by atoms with Crippen LogP contribution in [0.2, 0.25) is 0 Å². The maximum absolute atomic E-state index is 11.9. The topological polar surface area (TPSA) is 49.3 Å². The molecule has 3 nitrogen and oxygen atoms in total. The van der Waals surface area contributed by atoms with Gasteiger partial charge in [0, 0.05) is 0 Å². The molecular weight excluding hydrogens is 175 g/mol. The Morgan fingerprint density at radius 2 is 1.92 bits per heavy atom. The number of halogens is 3. The van der Waals surface area contributed by atoms with Crippen molar-refractivity contribution in [3.63, 3.8) is 0 Å². The molecule has 6 heteroatoms. The standard InChI is InChI=1S/C6H10F3NO2/c1-3(6(7,8)9)4(10-2)5(11)12/h3-4,10H,1-2H3,(H,11,12)/t3-,4+/m1/s1. The highest BCUT2D eigenvalue weighted by Gasteiger charge is 2.43. The number of carboxylic acids is 1. The third-order valence-corrected chi connectivity index (χ3v) is 1.59. The van der Waals surface area contributed by atoms with Crippen molar-refractivity contribution in [2.45, 2.75) is 19.1 Å². The second-order valence-electron chi connectivity index (χ2n) is 2.43. The lowest BCUT2D eigenvalue weighted by molar-refractivity contribution is -0.184. The van der Waals surface area contributed by atoms with Gasteiger partial charge in [-0.1, -0.05) is 6.92 Å². The molecule has 0 aromatic heterocycles. The van der Waals surface area contributed by atoms with E-state index < -0.39 is 24.1 Å². The SMILES string of the molecule is CN[C@H](C(=O)O)[C@@H](C)C(F)(F)F. The van der Waals surface area contributed by atoms with E-state index in [2.05, 4.69) is 5.32 Å². The van der Waals surface area contributed by atoms with E-state index in [9.17, 15) is 18.0 Å². The maximum atomic E-state index is 11.9. The van der Waals surface area contributed by atoms with Gasteiger partial charge in [-0.15, -0.1) is 0 Å². The van der Waals surface area contributed by atoms with Crippen molar-refractivity contribution in [2.24, 2.45) is 5.92 Å². The number of hydrogen-bond donors (Lipinski definition) is 2. The summed E-state index contributed by atoms with van der Waals surface area (Å²) in [7, 11) is 1.18. The summed E-state index contributed by atoms with van der Waals surface area (Å²) in [6.07, 6.45) is -4.48. The Kier molecular flexibility index (Phi) is 3.51. The molecule has 0 saturated heterocycles. The first-order valence-corrected chi connectivity index (χ1v) is 3.27. The van der Waals surface area contributed by atoms with Crippen LogP contribution in [0, 0.1) is 5.92 Å². The highest BCUT2D eigenvalue weighted by molar-refractivity contribution is 5.73. The highest BCUT2D eigenvalue weighted by Crippen LogP contribution is 2.28. The Balaban J connectivity index is 4.42.